The molecule has 0 bridgehead atoms. The molecule has 2 atom stereocenters. The van der Waals surface area contributed by atoms with Crippen molar-refractivity contribution in [3.63, 3.8) is 0 Å². The first-order chi connectivity index (χ1) is 12.0. The Balaban J connectivity index is 1.59. The van der Waals surface area contributed by atoms with Gasteiger partial charge >= 0.3 is 0 Å². The SMILES string of the molecule is C[C@@]1(O)CCN(C(=O)c2ccc(CSc3ccccn3)cc2)C[C@@H]1O. The van der Waals surface area contributed by atoms with Crippen LogP contribution in [0.25, 0.3) is 0 Å². The molecule has 2 N–H and O–H groups in total. The van der Waals surface area contributed by atoms with Gasteiger partial charge in [0, 0.05) is 30.6 Å². The molecule has 0 radical (unpaired) electrons. The third-order valence-corrected chi connectivity index (χ3v) is 5.53. The zero-order valence-corrected chi connectivity index (χ0v) is 14.9. The Hall–Kier alpha value is -1.89. The highest BCUT2D eigenvalue weighted by Gasteiger charge is 2.37. The monoisotopic (exact) mass is 358 g/mol. The van der Waals surface area contributed by atoms with Gasteiger partial charge in [-0.15, -0.1) is 11.8 Å². The average Bonchev–Trinajstić information content (AvgIpc) is 2.63. The summed E-state index contributed by atoms with van der Waals surface area (Å²) in [7, 11) is 0. The Morgan fingerprint density at radius 1 is 1.32 bits per heavy atom. The highest BCUT2D eigenvalue weighted by molar-refractivity contribution is 7.98. The van der Waals surface area contributed by atoms with Crippen LogP contribution in [0.15, 0.2) is 53.7 Å². The van der Waals surface area contributed by atoms with Gasteiger partial charge in [0.15, 0.2) is 0 Å². The molecule has 5 nitrogen and oxygen atoms in total. The molecule has 132 valence electrons. The molecule has 1 aliphatic rings. The predicted molar refractivity (Wildman–Crippen MR) is 97.4 cm³/mol. The number of likely N-dealkylation sites (tertiary alicyclic amines) is 1. The first-order valence-corrected chi connectivity index (χ1v) is 9.27. The van der Waals surface area contributed by atoms with Gasteiger partial charge in [-0.1, -0.05) is 18.2 Å². The van der Waals surface area contributed by atoms with E-state index in [-0.39, 0.29) is 12.5 Å². The first kappa shape index (κ1) is 17.9. The summed E-state index contributed by atoms with van der Waals surface area (Å²) >= 11 is 1.65. The highest BCUT2D eigenvalue weighted by atomic mass is 32.2. The summed E-state index contributed by atoms with van der Waals surface area (Å²) in [4.78, 5) is 18.4. The van der Waals surface area contributed by atoms with E-state index in [1.165, 1.54) is 0 Å². The molecule has 1 aromatic heterocycles. The fourth-order valence-corrected chi connectivity index (χ4v) is 3.54. The van der Waals surface area contributed by atoms with Crippen molar-refractivity contribution < 1.29 is 15.0 Å². The molecule has 6 heteroatoms. The summed E-state index contributed by atoms with van der Waals surface area (Å²) in [6, 6.07) is 13.3. The number of carbonyl (C=O) groups is 1. The normalized spacial score (nSPS) is 23.5. The van der Waals surface area contributed by atoms with Crippen LogP contribution >= 0.6 is 11.8 Å². The number of thioether (sulfide) groups is 1. The van der Waals surface area contributed by atoms with E-state index in [9.17, 15) is 15.0 Å². The average molecular weight is 358 g/mol. The van der Waals surface area contributed by atoms with Crippen LogP contribution in [0.1, 0.15) is 29.3 Å². The summed E-state index contributed by atoms with van der Waals surface area (Å²) in [5.74, 6) is 0.676. The summed E-state index contributed by atoms with van der Waals surface area (Å²) in [6.07, 6.45) is 1.23. The predicted octanol–water partition coefficient (Wildman–Crippen LogP) is 2.33. The second-order valence-corrected chi connectivity index (χ2v) is 7.52. The van der Waals surface area contributed by atoms with Gasteiger partial charge in [-0.2, -0.15) is 0 Å². The first-order valence-electron chi connectivity index (χ1n) is 8.28. The molecule has 0 spiro atoms. The molecule has 1 saturated heterocycles. The van der Waals surface area contributed by atoms with Gasteiger partial charge in [-0.05, 0) is 43.2 Å². The molecule has 1 aromatic carbocycles. The van der Waals surface area contributed by atoms with Crippen LogP contribution in [0.4, 0.5) is 0 Å². The van der Waals surface area contributed by atoms with E-state index in [1.54, 1.807) is 29.8 Å². The summed E-state index contributed by atoms with van der Waals surface area (Å²) < 4.78 is 0. The van der Waals surface area contributed by atoms with Gasteiger partial charge in [-0.25, -0.2) is 4.98 Å². The zero-order chi connectivity index (χ0) is 17.9. The number of hydrogen-bond acceptors (Lipinski definition) is 5. The number of benzene rings is 1. The van der Waals surface area contributed by atoms with Crippen molar-refractivity contribution in [3.8, 4) is 0 Å². The van der Waals surface area contributed by atoms with Gasteiger partial charge in [0.25, 0.3) is 5.91 Å². The van der Waals surface area contributed by atoms with Gasteiger partial charge in [0.05, 0.1) is 16.7 Å². The zero-order valence-electron chi connectivity index (χ0n) is 14.1. The van der Waals surface area contributed by atoms with Crippen molar-refractivity contribution in [2.45, 2.75) is 35.8 Å². The van der Waals surface area contributed by atoms with E-state index in [2.05, 4.69) is 4.98 Å². The number of aliphatic hydroxyl groups is 2. The number of nitrogens with zero attached hydrogens (tertiary/aromatic N) is 2. The van der Waals surface area contributed by atoms with E-state index < -0.39 is 11.7 Å². The third-order valence-electron chi connectivity index (χ3n) is 4.51. The maximum absolute atomic E-state index is 12.6. The summed E-state index contributed by atoms with van der Waals surface area (Å²) in [5, 5.41) is 20.9. The summed E-state index contributed by atoms with van der Waals surface area (Å²) in [6.45, 7) is 2.21. The second-order valence-electron chi connectivity index (χ2n) is 6.53. The highest BCUT2D eigenvalue weighted by Crippen LogP contribution is 2.24. The van der Waals surface area contributed by atoms with E-state index >= 15 is 0 Å². The Labute approximate surface area is 151 Å². The van der Waals surface area contributed by atoms with E-state index in [1.807, 2.05) is 42.5 Å². The van der Waals surface area contributed by atoms with Crippen LogP contribution in [0.5, 0.6) is 0 Å². The Morgan fingerprint density at radius 3 is 2.72 bits per heavy atom. The minimum Gasteiger partial charge on any atom is -0.388 e. The minimum atomic E-state index is -1.12. The lowest BCUT2D eigenvalue weighted by molar-refractivity contribution is -0.0999. The number of aromatic nitrogens is 1. The fraction of sp³-hybridized carbons (Fsp3) is 0.368. The van der Waals surface area contributed by atoms with Crippen LogP contribution < -0.4 is 0 Å². The quantitative estimate of drug-likeness (QED) is 0.821. The number of rotatable bonds is 4. The van der Waals surface area contributed by atoms with Crippen LogP contribution in [0, 0.1) is 0 Å². The fourth-order valence-electron chi connectivity index (χ4n) is 2.72. The van der Waals surface area contributed by atoms with Crippen LogP contribution in [0.2, 0.25) is 0 Å². The van der Waals surface area contributed by atoms with Crippen molar-refractivity contribution in [2.75, 3.05) is 13.1 Å². The van der Waals surface area contributed by atoms with Crippen LogP contribution in [-0.4, -0.2) is 50.8 Å². The Morgan fingerprint density at radius 2 is 2.08 bits per heavy atom. The van der Waals surface area contributed by atoms with E-state index in [4.69, 9.17) is 0 Å². The van der Waals surface area contributed by atoms with Crippen molar-refractivity contribution in [2.24, 2.45) is 0 Å². The van der Waals surface area contributed by atoms with Crippen LogP contribution in [-0.2, 0) is 5.75 Å². The van der Waals surface area contributed by atoms with Crippen molar-refractivity contribution in [1.82, 2.24) is 9.88 Å². The molecule has 25 heavy (non-hydrogen) atoms. The standard InChI is InChI=1S/C19H22N2O3S/c1-19(24)9-11-21(12-16(19)22)18(23)15-7-5-14(6-8-15)13-25-17-4-2-3-10-20-17/h2-8,10,16,22,24H,9,11-13H2,1H3/t16-,19+/m0/s1. The van der Waals surface area contributed by atoms with E-state index in [0.717, 1.165) is 16.3 Å². The van der Waals surface area contributed by atoms with Crippen molar-refractivity contribution in [1.29, 1.82) is 0 Å². The molecule has 1 amide bonds. The molecule has 0 aliphatic carbocycles. The molecule has 0 unspecified atom stereocenters. The smallest absolute Gasteiger partial charge is 0.253 e. The summed E-state index contributed by atoms with van der Waals surface area (Å²) in [5.41, 5.74) is 0.595. The molecule has 3 rings (SSSR count). The lowest BCUT2D eigenvalue weighted by Crippen LogP contribution is -2.55. The van der Waals surface area contributed by atoms with Crippen LogP contribution in [0.3, 0.4) is 0 Å². The molecule has 1 fully saturated rings. The maximum atomic E-state index is 12.6. The van der Waals surface area contributed by atoms with E-state index in [0.29, 0.717) is 18.5 Å². The van der Waals surface area contributed by atoms with Gasteiger partial charge in [0.1, 0.15) is 0 Å². The van der Waals surface area contributed by atoms with Crippen molar-refractivity contribution >= 4 is 17.7 Å². The largest absolute Gasteiger partial charge is 0.388 e. The molecule has 2 aromatic rings. The molecule has 0 saturated carbocycles. The second kappa shape index (κ2) is 7.56. The molecular weight excluding hydrogens is 336 g/mol. The molecule has 2 heterocycles. The Kier molecular flexibility index (Phi) is 5.42. The molecular formula is C19H22N2O3S. The number of hydrogen-bond donors (Lipinski definition) is 2. The number of amides is 1. The maximum Gasteiger partial charge on any atom is 0.253 e. The number of aliphatic hydroxyl groups excluding tert-OH is 1. The minimum absolute atomic E-state index is 0.113. The van der Waals surface area contributed by atoms with Gasteiger partial charge in [-0.3, -0.25) is 4.79 Å². The topological polar surface area (TPSA) is 73.7 Å². The van der Waals surface area contributed by atoms with Crippen molar-refractivity contribution in [3.05, 3.63) is 59.8 Å². The number of pyridine rings is 1. The van der Waals surface area contributed by atoms with Gasteiger partial charge in [0.2, 0.25) is 0 Å². The Bertz CT molecular complexity index is 719. The molecule has 1 aliphatic heterocycles. The number of β-amino-alcohol motifs (C(OH)–C–C–N with tert-alkyl or cyclic N) is 1. The number of carbonyl (C=O) groups excluding carboxylic acids is 1. The lowest BCUT2D eigenvalue weighted by Gasteiger charge is -2.39. The third kappa shape index (κ3) is 4.39. The number of piperidine rings is 1. The van der Waals surface area contributed by atoms with Gasteiger partial charge < -0.3 is 15.1 Å². The lowest BCUT2D eigenvalue weighted by atomic mass is 9.90.